The highest BCUT2D eigenvalue weighted by Crippen LogP contribution is 2.38. The first kappa shape index (κ1) is 10.8. The molecule has 2 saturated heterocycles. The summed E-state index contributed by atoms with van der Waals surface area (Å²) in [4.78, 5) is 2.89. The quantitative estimate of drug-likeness (QED) is 0.718. The van der Waals surface area contributed by atoms with Crippen LogP contribution in [0.4, 0.5) is 0 Å². The minimum absolute atomic E-state index is 0.779. The van der Waals surface area contributed by atoms with E-state index in [1.807, 2.05) is 0 Å². The van der Waals surface area contributed by atoms with Crippen molar-refractivity contribution in [3.63, 3.8) is 0 Å². The third kappa shape index (κ3) is 1.82. The van der Waals surface area contributed by atoms with Crippen LogP contribution < -0.4 is 5.32 Å². The van der Waals surface area contributed by atoms with E-state index >= 15 is 0 Å². The molecule has 2 aliphatic heterocycles. The second-order valence-electron chi connectivity index (χ2n) is 5.74. The lowest BCUT2D eigenvalue weighted by atomic mass is 9.80. The molecule has 2 heteroatoms. The van der Waals surface area contributed by atoms with Crippen LogP contribution in [0.25, 0.3) is 0 Å². The molecule has 2 unspecified atom stereocenters. The molecule has 1 N–H and O–H groups in total. The first-order valence-electron chi connectivity index (χ1n) is 6.98. The normalized spacial score (nSPS) is 40.4. The Labute approximate surface area is 99.1 Å². The first-order valence-corrected chi connectivity index (χ1v) is 6.98. The monoisotopic (exact) mass is 220 g/mol. The summed E-state index contributed by atoms with van der Waals surface area (Å²) in [6.45, 7) is 0. The van der Waals surface area contributed by atoms with Crippen LogP contribution in [0, 0.1) is 0 Å². The van der Waals surface area contributed by atoms with Crippen molar-refractivity contribution in [3.05, 3.63) is 12.2 Å². The van der Waals surface area contributed by atoms with Gasteiger partial charge in [-0.3, -0.25) is 4.90 Å². The van der Waals surface area contributed by atoms with Crippen molar-refractivity contribution in [2.75, 3.05) is 7.05 Å². The second kappa shape index (κ2) is 4.50. The molecule has 2 nitrogen and oxygen atoms in total. The van der Waals surface area contributed by atoms with E-state index in [2.05, 4.69) is 29.4 Å². The van der Waals surface area contributed by atoms with E-state index in [-0.39, 0.29) is 0 Å². The van der Waals surface area contributed by atoms with Gasteiger partial charge in [-0.1, -0.05) is 18.6 Å². The SMILES string of the molecule is CNC1CC2CCCC(C1)N2C1CC=CC1. The van der Waals surface area contributed by atoms with Gasteiger partial charge in [-0.05, 0) is 45.6 Å². The predicted octanol–water partition coefficient (Wildman–Crippen LogP) is 2.31. The molecule has 16 heavy (non-hydrogen) atoms. The Bertz CT molecular complexity index is 252. The molecular formula is C14H24N2. The Morgan fingerprint density at radius 2 is 1.62 bits per heavy atom. The van der Waals surface area contributed by atoms with Crippen LogP contribution in [0.5, 0.6) is 0 Å². The molecule has 2 atom stereocenters. The highest BCUT2D eigenvalue weighted by Gasteiger charge is 2.40. The summed E-state index contributed by atoms with van der Waals surface area (Å²) in [5.41, 5.74) is 0. The topological polar surface area (TPSA) is 15.3 Å². The molecule has 2 fully saturated rings. The smallest absolute Gasteiger partial charge is 0.0170 e. The molecule has 0 spiro atoms. The van der Waals surface area contributed by atoms with Crippen LogP contribution in [-0.2, 0) is 0 Å². The third-order valence-electron chi connectivity index (χ3n) is 4.84. The van der Waals surface area contributed by atoms with Gasteiger partial charge < -0.3 is 5.32 Å². The van der Waals surface area contributed by atoms with Crippen molar-refractivity contribution in [2.45, 2.75) is 69.1 Å². The fraction of sp³-hybridized carbons (Fsp3) is 0.857. The number of piperidine rings is 2. The molecule has 1 aliphatic carbocycles. The summed E-state index contributed by atoms with van der Waals surface area (Å²) in [6.07, 6.45) is 14.5. The van der Waals surface area contributed by atoms with Gasteiger partial charge in [0.1, 0.15) is 0 Å². The predicted molar refractivity (Wildman–Crippen MR) is 67.5 cm³/mol. The molecule has 0 aromatic rings. The molecular weight excluding hydrogens is 196 g/mol. The van der Waals surface area contributed by atoms with E-state index in [0.717, 1.165) is 24.2 Å². The van der Waals surface area contributed by atoms with Crippen LogP contribution in [0.15, 0.2) is 12.2 Å². The zero-order valence-corrected chi connectivity index (χ0v) is 10.4. The average molecular weight is 220 g/mol. The van der Waals surface area contributed by atoms with Crippen molar-refractivity contribution in [1.82, 2.24) is 10.2 Å². The van der Waals surface area contributed by atoms with Gasteiger partial charge in [-0.15, -0.1) is 0 Å². The van der Waals surface area contributed by atoms with Gasteiger partial charge in [-0.25, -0.2) is 0 Å². The number of nitrogens with zero attached hydrogens (tertiary/aromatic N) is 1. The van der Waals surface area contributed by atoms with Crippen LogP contribution >= 0.6 is 0 Å². The Morgan fingerprint density at radius 1 is 1.00 bits per heavy atom. The zero-order valence-electron chi connectivity index (χ0n) is 10.4. The van der Waals surface area contributed by atoms with E-state index in [1.54, 1.807) is 0 Å². The summed E-state index contributed by atoms with van der Waals surface area (Å²) >= 11 is 0. The molecule has 0 amide bonds. The van der Waals surface area contributed by atoms with Crippen LogP contribution in [0.3, 0.4) is 0 Å². The summed E-state index contributed by atoms with van der Waals surface area (Å²) in [6, 6.07) is 3.36. The Morgan fingerprint density at radius 3 is 2.19 bits per heavy atom. The molecule has 2 heterocycles. The fourth-order valence-corrected chi connectivity index (χ4v) is 4.10. The van der Waals surface area contributed by atoms with E-state index in [0.29, 0.717) is 0 Å². The van der Waals surface area contributed by atoms with Crippen molar-refractivity contribution < 1.29 is 0 Å². The van der Waals surface area contributed by atoms with Gasteiger partial charge >= 0.3 is 0 Å². The molecule has 2 bridgehead atoms. The minimum atomic E-state index is 0.779. The van der Waals surface area contributed by atoms with Crippen LogP contribution in [-0.4, -0.2) is 36.1 Å². The molecule has 0 saturated carbocycles. The largest absolute Gasteiger partial charge is 0.317 e. The number of fused-ring (bicyclic) bond motifs is 2. The van der Waals surface area contributed by atoms with E-state index in [4.69, 9.17) is 0 Å². The highest BCUT2D eigenvalue weighted by atomic mass is 15.2. The summed E-state index contributed by atoms with van der Waals surface area (Å²) < 4.78 is 0. The Kier molecular flexibility index (Phi) is 3.03. The Balaban J connectivity index is 1.73. The minimum Gasteiger partial charge on any atom is -0.317 e. The number of hydrogen-bond acceptors (Lipinski definition) is 2. The number of rotatable bonds is 2. The molecule has 0 radical (unpaired) electrons. The molecule has 3 aliphatic rings. The van der Waals surface area contributed by atoms with Gasteiger partial charge in [-0.2, -0.15) is 0 Å². The zero-order chi connectivity index (χ0) is 11.0. The van der Waals surface area contributed by atoms with Crippen molar-refractivity contribution >= 4 is 0 Å². The van der Waals surface area contributed by atoms with Crippen molar-refractivity contribution in [2.24, 2.45) is 0 Å². The summed E-state index contributed by atoms with van der Waals surface area (Å²) in [5.74, 6) is 0. The molecule has 90 valence electrons. The van der Waals surface area contributed by atoms with E-state index in [1.165, 1.54) is 44.9 Å². The van der Waals surface area contributed by atoms with Gasteiger partial charge in [0.2, 0.25) is 0 Å². The van der Waals surface area contributed by atoms with Crippen molar-refractivity contribution in [1.29, 1.82) is 0 Å². The molecule has 0 aromatic heterocycles. The van der Waals surface area contributed by atoms with E-state index in [9.17, 15) is 0 Å². The summed E-state index contributed by atoms with van der Waals surface area (Å²) in [5, 5.41) is 3.50. The van der Waals surface area contributed by atoms with Gasteiger partial charge in [0, 0.05) is 24.2 Å². The lowest BCUT2D eigenvalue weighted by Crippen LogP contribution is -2.58. The van der Waals surface area contributed by atoms with Crippen LogP contribution in [0.2, 0.25) is 0 Å². The maximum atomic E-state index is 3.50. The standard InChI is InChI=1S/C14H24N2/c1-15-11-9-13-7-4-8-14(10-11)16(13)12-5-2-3-6-12/h2-3,11-15H,4-10H2,1H3. The van der Waals surface area contributed by atoms with Crippen molar-refractivity contribution in [3.8, 4) is 0 Å². The molecule has 0 aromatic carbocycles. The highest BCUT2D eigenvalue weighted by molar-refractivity contribution is 5.05. The lowest BCUT2D eigenvalue weighted by molar-refractivity contribution is -0.00593. The van der Waals surface area contributed by atoms with Gasteiger partial charge in [0.05, 0.1) is 0 Å². The number of hydrogen-bond donors (Lipinski definition) is 1. The maximum absolute atomic E-state index is 3.50. The average Bonchev–Trinajstić information content (AvgIpc) is 2.80. The summed E-state index contributed by atoms with van der Waals surface area (Å²) in [7, 11) is 2.13. The Hall–Kier alpha value is -0.340. The van der Waals surface area contributed by atoms with Gasteiger partial charge in [0.25, 0.3) is 0 Å². The first-order chi connectivity index (χ1) is 7.88. The van der Waals surface area contributed by atoms with E-state index < -0.39 is 0 Å². The van der Waals surface area contributed by atoms with Gasteiger partial charge in [0.15, 0.2) is 0 Å². The second-order valence-corrected chi connectivity index (χ2v) is 5.74. The lowest BCUT2D eigenvalue weighted by Gasteiger charge is -2.51. The fourth-order valence-electron chi connectivity index (χ4n) is 4.10. The van der Waals surface area contributed by atoms with Crippen LogP contribution in [0.1, 0.15) is 44.9 Å². The molecule has 3 rings (SSSR count). The maximum Gasteiger partial charge on any atom is 0.0170 e. The third-order valence-corrected chi connectivity index (χ3v) is 4.84. The number of nitrogens with one attached hydrogen (secondary N) is 1.